The summed E-state index contributed by atoms with van der Waals surface area (Å²) < 4.78 is 5.26. The highest BCUT2D eigenvalue weighted by molar-refractivity contribution is 14.0. The van der Waals surface area contributed by atoms with Crippen LogP contribution in [0.2, 0.25) is 0 Å². The molecule has 1 aliphatic heterocycles. The summed E-state index contributed by atoms with van der Waals surface area (Å²) in [6, 6.07) is 11.3. The molecule has 0 aliphatic carbocycles. The van der Waals surface area contributed by atoms with Crippen molar-refractivity contribution < 1.29 is 9.21 Å². The maximum Gasteiger partial charge on any atom is 0.251 e. The van der Waals surface area contributed by atoms with Crippen LogP contribution in [0, 0.1) is 5.92 Å². The molecule has 2 aromatic rings. The number of hydrogen-bond donors (Lipinski definition) is 2. The number of nitrogens with zero attached hydrogens (tertiary/aromatic N) is 2. The van der Waals surface area contributed by atoms with Gasteiger partial charge >= 0.3 is 0 Å². The largest absolute Gasteiger partial charge is 0.467 e. The molecule has 1 atom stereocenters. The molecule has 8 heteroatoms. The lowest BCUT2D eigenvalue weighted by atomic mass is 10.1. The van der Waals surface area contributed by atoms with Crippen LogP contribution in [-0.4, -0.2) is 47.9 Å². The summed E-state index contributed by atoms with van der Waals surface area (Å²) in [5.74, 6) is 3.32. The number of rotatable bonds is 6. The highest BCUT2D eigenvalue weighted by Gasteiger charge is 2.24. The number of nitrogens with one attached hydrogen (secondary N) is 2. The number of guanidine groups is 1. The standard InChI is InChI=1S/C22H30N4O2S.HI/c1-16(2)20-15-26(9-11-29-20)22(23-3)25-13-17-6-4-7-18(12-17)21(27)24-14-19-8-5-10-28-19;/h4-8,10,12,16,20H,9,11,13-15H2,1-3H3,(H,23,25)(H,24,27);1H. The van der Waals surface area contributed by atoms with Crippen LogP contribution in [0.15, 0.2) is 52.1 Å². The zero-order chi connectivity index (χ0) is 20.6. The SMILES string of the molecule is CN=C(NCc1cccc(C(=O)NCc2ccco2)c1)N1CCSC(C(C)C)C1.I. The van der Waals surface area contributed by atoms with Gasteiger partial charge in [-0.1, -0.05) is 26.0 Å². The first kappa shape index (κ1) is 24.6. The van der Waals surface area contributed by atoms with E-state index < -0.39 is 0 Å². The molecular formula is C22H31IN4O2S. The van der Waals surface area contributed by atoms with Crippen LogP contribution in [-0.2, 0) is 13.1 Å². The summed E-state index contributed by atoms with van der Waals surface area (Å²) >= 11 is 2.05. The first-order valence-electron chi connectivity index (χ1n) is 10.0. The van der Waals surface area contributed by atoms with Gasteiger partial charge in [-0.05, 0) is 35.7 Å². The van der Waals surface area contributed by atoms with Crippen molar-refractivity contribution in [2.45, 2.75) is 32.2 Å². The van der Waals surface area contributed by atoms with E-state index in [9.17, 15) is 4.79 Å². The topological polar surface area (TPSA) is 69.9 Å². The van der Waals surface area contributed by atoms with Gasteiger partial charge in [0.05, 0.1) is 12.8 Å². The lowest BCUT2D eigenvalue weighted by Gasteiger charge is -2.36. The smallest absolute Gasteiger partial charge is 0.251 e. The molecule has 1 amide bonds. The Hall–Kier alpha value is -1.68. The third-order valence-corrected chi connectivity index (χ3v) is 6.53. The summed E-state index contributed by atoms with van der Waals surface area (Å²) in [7, 11) is 1.83. The fourth-order valence-corrected chi connectivity index (χ4v) is 4.59. The van der Waals surface area contributed by atoms with Gasteiger partial charge in [0.2, 0.25) is 0 Å². The van der Waals surface area contributed by atoms with Gasteiger partial charge < -0.3 is 20.0 Å². The van der Waals surface area contributed by atoms with Crippen LogP contribution in [0.5, 0.6) is 0 Å². The van der Waals surface area contributed by atoms with E-state index in [1.54, 1.807) is 6.26 Å². The van der Waals surface area contributed by atoms with Gasteiger partial charge in [0.25, 0.3) is 5.91 Å². The van der Waals surface area contributed by atoms with Crippen LogP contribution in [0.25, 0.3) is 0 Å². The molecule has 1 saturated heterocycles. The van der Waals surface area contributed by atoms with Gasteiger partial charge in [-0.25, -0.2) is 0 Å². The van der Waals surface area contributed by atoms with Gasteiger partial charge in [0.15, 0.2) is 5.96 Å². The second-order valence-electron chi connectivity index (χ2n) is 7.46. The highest BCUT2D eigenvalue weighted by Crippen LogP contribution is 2.24. The van der Waals surface area contributed by atoms with Crippen LogP contribution < -0.4 is 10.6 Å². The van der Waals surface area contributed by atoms with Crippen molar-refractivity contribution in [1.29, 1.82) is 0 Å². The molecule has 1 aromatic heterocycles. The first-order valence-corrected chi connectivity index (χ1v) is 11.1. The third kappa shape index (κ3) is 6.94. The average Bonchev–Trinajstić information content (AvgIpc) is 3.26. The molecule has 1 fully saturated rings. The van der Waals surface area contributed by atoms with Gasteiger partial charge in [-0.2, -0.15) is 11.8 Å². The summed E-state index contributed by atoms with van der Waals surface area (Å²) in [6.07, 6.45) is 1.60. The minimum Gasteiger partial charge on any atom is -0.467 e. The Morgan fingerprint density at radius 2 is 2.10 bits per heavy atom. The predicted molar refractivity (Wildman–Crippen MR) is 135 cm³/mol. The second kappa shape index (κ2) is 12.2. The van der Waals surface area contributed by atoms with Gasteiger partial charge in [-0.3, -0.25) is 9.79 Å². The van der Waals surface area contributed by atoms with Crippen molar-refractivity contribution in [2.75, 3.05) is 25.9 Å². The van der Waals surface area contributed by atoms with Crippen molar-refractivity contribution in [3.63, 3.8) is 0 Å². The van der Waals surface area contributed by atoms with Gasteiger partial charge in [0, 0.05) is 43.2 Å². The van der Waals surface area contributed by atoms with Crippen molar-refractivity contribution in [3.05, 3.63) is 59.5 Å². The predicted octanol–water partition coefficient (Wildman–Crippen LogP) is 3.98. The molecule has 164 valence electrons. The van der Waals surface area contributed by atoms with Gasteiger partial charge in [-0.15, -0.1) is 24.0 Å². The Balaban J connectivity index is 0.00000320. The lowest BCUT2D eigenvalue weighted by molar-refractivity contribution is 0.0948. The maximum absolute atomic E-state index is 12.4. The summed E-state index contributed by atoms with van der Waals surface area (Å²) in [5.41, 5.74) is 1.68. The quantitative estimate of drug-likeness (QED) is 0.329. The molecule has 0 saturated carbocycles. The molecule has 1 unspecified atom stereocenters. The number of amides is 1. The highest BCUT2D eigenvalue weighted by atomic mass is 127. The van der Waals surface area contributed by atoms with Crippen molar-refractivity contribution in [2.24, 2.45) is 10.9 Å². The molecule has 2 heterocycles. The Morgan fingerprint density at radius 1 is 1.27 bits per heavy atom. The number of aliphatic imine (C=N–C) groups is 1. The van der Waals surface area contributed by atoms with Crippen molar-refractivity contribution >= 4 is 47.6 Å². The van der Waals surface area contributed by atoms with E-state index in [2.05, 4.69) is 46.1 Å². The number of hydrogen-bond acceptors (Lipinski definition) is 4. The van der Waals surface area contributed by atoms with Gasteiger partial charge in [0.1, 0.15) is 5.76 Å². The number of halogens is 1. The van der Waals surface area contributed by atoms with E-state index in [0.717, 1.165) is 36.1 Å². The molecule has 1 aliphatic rings. The zero-order valence-corrected chi connectivity index (χ0v) is 20.9. The van der Waals surface area contributed by atoms with E-state index >= 15 is 0 Å². The van der Waals surface area contributed by atoms with E-state index in [-0.39, 0.29) is 29.9 Å². The summed E-state index contributed by atoms with van der Waals surface area (Å²) in [6.45, 7) is 7.58. The fraction of sp³-hybridized carbons (Fsp3) is 0.455. The molecule has 3 rings (SSSR count). The molecule has 2 N–H and O–H groups in total. The number of thioether (sulfide) groups is 1. The molecule has 0 radical (unpaired) electrons. The van der Waals surface area contributed by atoms with E-state index in [1.165, 1.54) is 0 Å². The van der Waals surface area contributed by atoms with E-state index in [4.69, 9.17) is 4.42 Å². The second-order valence-corrected chi connectivity index (χ2v) is 8.81. The Morgan fingerprint density at radius 3 is 2.80 bits per heavy atom. The zero-order valence-electron chi connectivity index (χ0n) is 17.8. The van der Waals surface area contributed by atoms with E-state index in [0.29, 0.717) is 29.8 Å². The average molecular weight is 542 g/mol. The number of carbonyl (C=O) groups excluding carboxylic acids is 1. The molecule has 6 nitrogen and oxygen atoms in total. The Kier molecular flexibility index (Phi) is 10.0. The Bertz CT molecular complexity index is 826. The first-order chi connectivity index (χ1) is 14.1. The maximum atomic E-state index is 12.4. The monoisotopic (exact) mass is 542 g/mol. The summed E-state index contributed by atoms with van der Waals surface area (Å²) in [5, 5.41) is 6.97. The van der Waals surface area contributed by atoms with Crippen LogP contribution in [0.3, 0.4) is 0 Å². The summed E-state index contributed by atoms with van der Waals surface area (Å²) in [4.78, 5) is 19.2. The Labute approximate surface area is 200 Å². The van der Waals surface area contributed by atoms with E-state index in [1.807, 2.05) is 43.4 Å². The van der Waals surface area contributed by atoms with Crippen LogP contribution in [0.4, 0.5) is 0 Å². The molecule has 0 spiro atoms. The molecule has 30 heavy (non-hydrogen) atoms. The molecular weight excluding hydrogens is 511 g/mol. The molecule has 0 bridgehead atoms. The van der Waals surface area contributed by atoms with Crippen LogP contribution >= 0.6 is 35.7 Å². The normalized spacial score (nSPS) is 16.9. The lowest BCUT2D eigenvalue weighted by Crippen LogP contribution is -2.48. The molecule has 1 aromatic carbocycles. The minimum absolute atomic E-state index is 0. The third-order valence-electron chi connectivity index (χ3n) is 4.99. The number of furan rings is 1. The number of benzene rings is 1. The fourth-order valence-electron chi connectivity index (χ4n) is 3.29. The minimum atomic E-state index is -0.111. The number of carbonyl (C=O) groups is 1. The van der Waals surface area contributed by atoms with Crippen LogP contribution in [0.1, 0.15) is 35.5 Å². The van der Waals surface area contributed by atoms with Crippen molar-refractivity contribution in [1.82, 2.24) is 15.5 Å². The van der Waals surface area contributed by atoms with Crippen molar-refractivity contribution in [3.8, 4) is 0 Å².